The largest absolute Gasteiger partial charge is 0.444 e. The van der Waals surface area contributed by atoms with Crippen LogP contribution < -0.4 is 5.32 Å². The Hall–Kier alpha value is -3.03. The molecule has 1 N–H and O–H groups in total. The van der Waals surface area contributed by atoms with Gasteiger partial charge in [0.15, 0.2) is 0 Å². The predicted molar refractivity (Wildman–Crippen MR) is 126 cm³/mol. The Kier molecular flexibility index (Phi) is 6.77. The van der Waals surface area contributed by atoms with Crippen molar-refractivity contribution in [2.45, 2.75) is 65.6 Å². The number of carbonyl (C=O) groups is 3. The highest BCUT2D eigenvalue weighted by Gasteiger charge is 2.30. The van der Waals surface area contributed by atoms with E-state index < -0.39 is 17.3 Å². The van der Waals surface area contributed by atoms with Gasteiger partial charge < -0.3 is 19.7 Å². The lowest BCUT2D eigenvalue weighted by Gasteiger charge is -2.32. The maximum Gasteiger partial charge on any atom is 0.419 e. The van der Waals surface area contributed by atoms with Crippen LogP contribution in [-0.4, -0.2) is 51.9 Å². The van der Waals surface area contributed by atoms with Crippen LogP contribution in [0.5, 0.6) is 0 Å². The fourth-order valence-corrected chi connectivity index (χ4v) is 3.72. The van der Waals surface area contributed by atoms with Crippen molar-refractivity contribution in [3.8, 4) is 0 Å². The molecule has 0 aliphatic carbocycles. The number of rotatable bonds is 2. The number of hydrogen-bond acceptors (Lipinski definition) is 5. The SMILES string of the molecule is [CH]c1cc2cc(NC(=O)C3CCN(C(=O)OC(C)(C)C)CC3)ccc2n1C(=O)OC(C)(C)C. The number of anilines is 1. The van der Waals surface area contributed by atoms with Crippen molar-refractivity contribution in [3.63, 3.8) is 0 Å². The highest BCUT2D eigenvalue weighted by Crippen LogP contribution is 2.26. The molecule has 0 spiro atoms. The van der Waals surface area contributed by atoms with Gasteiger partial charge in [0, 0.05) is 42.7 Å². The Morgan fingerprint density at radius 3 is 2.09 bits per heavy atom. The van der Waals surface area contributed by atoms with E-state index in [0.717, 1.165) is 5.39 Å². The third-order valence-corrected chi connectivity index (χ3v) is 5.19. The zero-order valence-corrected chi connectivity index (χ0v) is 20.2. The highest BCUT2D eigenvalue weighted by molar-refractivity contribution is 5.97. The number of benzene rings is 1. The van der Waals surface area contributed by atoms with Gasteiger partial charge >= 0.3 is 12.2 Å². The molecule has 1 aromatic carbocycles. The van der Waals surface area contributed by atoms with E-state index in [1.54, 1.807) is 49.9 Å². The number of piperidine rings is 1. The topological polar surface area (TPSA) is 89.9 Å². The standard InChI is InChI=1S/C25H33N3O5/c1-16-14-18-15-19(8-9-20(18)28(16)23(31)33-25(5,6)7)26-21(29)17-10-12-27(13-11-17)22(30)32-24(2,3)4/h1,8-9,14-15,17H,10-13H2,2-7H3,(H,26,29). The summed E-state index contributed by atoms with van der Waals surface area (Å²) in [7, 11) is 0. The lowest BCUT2D eigenvalue weighted by Crippen LogP contribution is -2.43. The van der Waals surface area contributed by atoms with Gasteiger partial charge in [-0.05, 0) is 78.6 Å². The second-order valence-corrected chi connectivity index (χ2v) is 10.4. The Labute approximate surface area is 195 Å². The average molecular weight is 456 g/mol. The van der Waals surface area contributed by atoms with Gasteiger partial charge in [-0.3, -0.25) is 4.79 Å². The van der Waals surface area contributed by atoms with Gasteiger partial charge in [-0.1, -0.05) is 0 Å². The normalized spacial score (nSPS) is 15.4. The molecule has 1 fully saturated rings. The van der Waals surface area contributed by atoms with Crippen LogP contribution in [-0.2, 0) is 14.3 Å². The smallest absolute Gasteiger partial charge is 0.419 e. The van der Waals surface area contributed by atoms with Crippen molar-refractivity contribution in [1.82, 2.24) is 9.47 Å². The molecule has 8 nitrogen and oxygen atoms in total. The van der Waals surface area contributed by atoms with Crippen LogP contribution in [0.4, 0.5) is 15.3 Å². The molecule has 2 radical (unpaired) electrons. The molecular formula is C25H33N3O5. The molecular weight excluding hydrogens is 422 g/mol. The summed E-state index contributed by atoms with van der Waals surface area (Å²) in [5.41, 5.74) is 0.286. The molecule has 0 saturated carbocycles. The number of nitrogens with one attached hydrogen (secondary N) is 1. The lowest BCUT2D eigenvalue weighted by molar-refractivity contribution is -0.121. The molecule has 1 aliphatic heterocycles. The molecule has 33 heavy (non-hydrogen) atoms. The number of hydrogen-bond donors (Lipinski definition) is 1. The van der Waals surface area contributed by atoms with Gasteiger partial charge in [-0.15, -0.1) is 0 Å². The minimum absolute atomic E-state index is 0.0993. The highest BCUT2D eigenvalue weighted by atomic mass is 16.6. The Bertz CT molecular complexity index is 1050. The second kappa shape index (κ2) is 9.08. The van der Waals surface area contributed by atoms with E-state index >= 15 is 0 Å². The van der Waals surface area contributed by atoms with E-state index in [4.69, 9.17) is 16.4 Å². The molecule has 178 valence electrons. The van der Waals surface area contributed by atoms with E-state index in [9.17, 15) is 14.4 Å². The molecule has 2 heterocycles. The fourth-order valence-electron chi connectivity index (χ4n) is 3.72. The first-order valence-corrected chi connectivity index (χ1v) is 11.2. The molecule has 2 amide bonds. The number of amides is 2. The van der Waals surface area contributed by atoms with Gasteiger partial charge in [0.25, 0.3) is 0 Å². The quantitative estimate of drug-likeness (QED) is 0.683. The Balaban J connectivity index is 1.64. The van der Waals surface area contributed by atoms with Crippen molar-refractivity contribution in [2.24, 2.45) is 5.92 Å². The van der Waals surface area contributed by atoms with Crippen LogP contribution in [0.3, 0.4) is 0 Å². The van der Waals surface area contributed by atoms with Crippen LogP contribution in [0, 0.1) is 12.8 Å². The van der Waals surface area contributed by atoms with Gasteiger partial charge in [-0.2, -0.15) is 0 Å². The second-order valence-electron chi connectivity index (χ2n) is 10.4. The Morgan fingerprint density at radius 2 is 1.52 bits per heavy atom. The summed E-state index contributed by atoms with van der Waals surface area (Å²) in [5.74, 6) is -0.298. The first-order valence-electron chi connectivity index (χ1n) is 11.2. The molecule has 3 rings (SSSR count). The van der Waals surface area contributed by atoms with Crippen LogP contribution in [0.2, 0.25) is 0 Å². The maximum atomic E-state index is 12.8. The number of nitrogens with zero attached hydrogens (tertiary/aromatic N) is 2. The number of ether oxygens (including phenoxy) is 2. The maximum absolute atomic E-state index is 12.8. The fraction of sp³-hybridized carbons (Fsp3) is 0.520. The zero-order chi connectivity index (χ0) is 24.6. The molecule has 0 atom stereocenters. The van der Waals surface area contributed by atoms with E-state index in [-0.39, 0.29) is 23.6 Å². The summed E-state index contributed by atoms with van der Waals surface area (Å²) in [4.78, 5) is 39.2. The Morgan fingerprint density at radius 1 is 0.939 bits per heavy atom. The number of fused-ring (bicyclic) bond motifs is 1. The molecule has 0 unspecified atom stereocenters. The summed E-state index contributed by atoms with van der Waals surface area (Å²) in [5, 5.41) is 3.66. The van der Waals surface area contributed by atoms with Crippen molar-refractivity contribution >= 4 is 34.7 Å². The summed E-state index contributed by atoms with van der Waals surface area (Å²) in [6.07, 6.45) is 0.229. The van der Waals surface area contributed by atoms with Crippen LogP contribution in [0.25, 0.3) is 10.9 Å². The molecule has 8 heteroatoms. The van der Waals surface area contributed by atoms with Crippen molar-refractivity contribution in [1.29, 1.82) is 0 Å². The summed E-state index contributed by atoms with van der Waals surface area (Å²) in [6, 6.07) is 6.92. The first kappa shape index (κ1) is 24.6. The summed E-state index contributed by atoms with van der Waals surface area (Å²) < 4.78 is 12.2. The van der Waals surface area contributed by atoms with Crippen LogP contribution in [0.1, 0.15) is 60.1 Å². The number of carbonyl (C=O) groups excluding carboxylic acids is 3. The number of aromatic nitrogens is 1. The van der Waals surface area contributed by atoms with E-state index in [0.29, 0.717) is 37.1 Å². The van der Waals surface area contributed by atoms with E-state index in [2.05, 4.69) is 5.32 Å². The lowest BCUT2D eigenvalue weighted by atomic mass is 9.96. The van der Waals surface area contributed by atoms with Gasteiger partial charge in [0.05, 0.1) is 5.52 Å². The minimum Gasteiger partial charge on any atom is -0.444 e. The molecule has 2 aromatic rings. The van der Waals surface area contributed by atoms with Gasteiger partial charge in [0.2, 0.25) is 5.91 Å². The molecule has 1 aliphatic rings. The third kappa shape index (κ3) is 6.27. The number of likely N-dealkylation sites (tertiary alicyclic amines) is 1. The molecule has 0 bridgehead atoms. The van der Waals surface area contributed by atoms with E-state index in [1.807, 2.05) is 20.8 Å². The minimum atomic E-state index is -0.646. The van der Waals surface area contributed by atoms with Gasteiger partial charge in [-0.25, -0.2) is 14.2 Å². The third-order valence-electron chi connectivity index (χ3n) is 5.19. The van der Waals surface area contributed by atoms with Crippen molar-refractivity contribution in [2.75, 3.05) is 18.4 Å². The predicted octanol–water partition coefficient (Wildman–Crippen LogP) is 5.07. The van der Waals surface area contributed by atoms with Crippen molar-refractivity contribution in [3.05, 3.63) is 36.9 Å². The average Bonchev–Trinajstić information content (AvgIpc) is 3.00. The summed E-state index contributed by atoms with van der Waals surface area (Å²) >= 11 is 0. The van der Waals surface area contributed by atoms with Gasteiger partial charge in [0.1, 0.15) is 11.2 Å². The zero-order valence-electron chi connectivity index (χ0n) is 20.2. The monoisotopic (exact) mass is 455 g/mol. The molecule has 1 saturated heterocycles. The van der Waals surface area contributed by atoms with E-state index in [1.165, 1.54) is 4.57 Å². The van der Waals surface area contributed by atoms with Crippen molar-refractivity contribution < 1.29 is 23.9 Å². The van der Waals surface area contributed by atoms with Crippen LogP contribution >= 0.6 is 0 Å². The first-order chi connectivity index (χ1) is 15.2. The molecule has 1 aromatic heterocycles. The van der Waals surface area contributed by atoms with Crippen LogP contribution in [0.15, 0.2) is 24.3 Å². The summed E-state index contributed by atoms with van der Waals surface area (Å²) in [6.45, 7) is 17.9.